The summed E-state index contributed by atoms with van der Waals surface area (Å²) in [7, 11) is 0. The quantitative estimate of drug-likeness (QED) is 0.825. The van der Waals surface area contributed by atoms with E-state index in [9.17, 15) is 4.79 Å². The van der Waals surface area contributed by atoms with Gasteiger partial charge < -0.3 is 9.67 Å². The number of benzene rings is 1. The Hall–Kier alpha value is -0.980. The fraction of sp³-hybridized carbons (Fsp3) is 0.167. The molecule has 1 aromatic carbocycles. The minimum Gasteiger partial charge on any atom is -0.481 e. The molecule has 1 heterocycles. The lowest BCUT2D eigenvalue weighted by Gasteiger charge is -2.06. The number of carboxylic acid groups (broad SMARTS) is 1. The zero-order valence-corrected chi connectivity index (χ0v) is 12.9. The standard InChI is InChI=1S/C12H10BrClN2O2S/c1-7(14)5-16-10-4-8(13)2-3-9(10)15-12(16)19-6-11(17)18/h2-4H,1,5-6H2,(H,17,18). The van der Waals surface area contributed by atoms with E-state index in [0.717, 1.165) is 15.5 Å². The Bertz CT molecular complexity index is 656. The van der Waals surface area contributed by atoms with Crippen LogP contribution in [0.25, 0.3) is 11.0 Å². The Morgan fingerprint density at radius 1 is 1.58 bits per heavy atom. The van der Waals surface area contributed by atoms with Gasteiger partial charge in [0, 0.05) is 9.51 Å². The highest BCUT2D eigenvalue weighted by molar-refractivity contribution is 9.10. The van der Waals surface area contributed by atoms with Crippen molar-refractivity contribution < 1.29 is 9.90 Å². The minimum absolute atomic E-state index is 0.0424. The first-order chi connectivity index (χ1) is 8.97. The molecule has 0 unspecified atom stereocenters. The highest BCUT2D eigenvalue weighted by Gasteiger charge is 2.13. The third kappa shape index (κ3) is 3.52. The van der Waals surface area contributed by atoms with Crippen LogP contribution < -0.4 is 0 Å². The minimum atomic E-state index is -0.880. The monoisotopic (exact) mass is 360 g/mol. The third-order valence-electron chi connectivity index (χ3n) is 2.33. The number of hydrogen-bond acceptors (Lipinski definition) is 3. The van der Waals surface area contributed by atoms with E-state index in [1.165, 1.54) is 11.8 Å². The molecule has 1 aromatic heterocycles. The van der Waals surface area contributed by atoms with Crippen molar-refractivity contribution in [1.29, 1.82) is 0 Å². The van der Waals surface area contributed by atoms with E-state index in [2.05, 4.69) is 27.5 Å². The number of halogens is 2. The van der Waals surface area contributed by atoms with Crippen LogP contribution in [-0.4, -0.2) is 26.4 Å². The number of imidazole rings is 1. The van der Waals surface area contributed by atoms with E-state index < -0.39 is 5.97 Å². The van der Waals surface area contributed by atoms with E-state index in [-0.39, 0.29) is 5.75 Å². The van der Waals surface area contributed by atoms with Crippen LogP contribution in [0.1, 0.15) is 0 Å². The molecule has 0 atom stereocenters. The van der Waals surface area contributed by atoms with Crippen LogP contribution in [0.3, 0.4) is 0 Å². The van der Waals surface area contributed by atoms with Gasteiger partial charge in [-0.25, -0.2) is 4.98 Å². The summed E-state index contributed by atoms with van der Waals surface area (Å²) in [4.78, 5) is 15.1. The van der Waals surface area contributed by atoms with Crippen LogP contribution in [0.4, 0.5) is 0 Å². The van der Waals surface area contributed by atoms with Crippen LogP contribution in [0.15, 0.2) is 39.4 Å². The van der Waals surface area contributed by atoms with Crippen molar-refractivity contribution in [1.82, 2.24) is 9.55 Å². The van der Waals surface area contributed by atoms with E-state index in [4.69, 9.17) is 16.7 Å². The van der Waals surface area contributed by atoms with Crippen molar-refractivity contribution in [3.05, 3.63) is 34.3 Å². The number of carbonyl (C=O) groups is 1. The second kappa shape index (κ2) is 5.98. The zero-order chi connectivity index (χ0) is 14.0. The highest BCUT2D eigenvalue weighted by Crippen LogP contribution is 2.27. The van der Waals surface area contributed by atoms with E-state index in [0.29, 0.717) is 16.7 Å². The maximum atomic E-state index is 10.7. The summed E-state index contributed by atoms with van der Waals surface area (Å²) >= 11 is 10.4. The van der Waals surface area contributed by atoms with Crippen molar-refractivity contribution in [2.75, 3.05) is 5.75 Å². The molecule has 0 spiro atoms. The smallest absolute Gasteiger partial charge is 0.313 e. The molecule has 0 saturated carbocycles. The van der Waals surface area contributed by atoms with Crippen molar-refractivity contribution in [3.63, 3.8) is 0 Å². The summed E-state index contributed by atoms with van der Waals surface area (Å²) in [5, 5.41) is 9.85. The van der Waals surface area contributed by atoms with Gasteiger partial charge in [0.25, 0.3) is 0 Å². The number of fused-ring (bicyclic) bond motifs is 1. The van der Waals surface area contributed by atoms with Gasteiger partial charge in [-0.3, -0.25) is 4.79 Å². The second-order valence-corrected chi connectivity index (χ2v) is 6.21. The van der Waals surface area contributed by atoms with Gasteiger partial charge in [0.05, 0.1) is 23.3 Å². The molecule has 0 bridgehead atoms. The van der Waals surface area contributed by atoms with Crippen LogP contribution in [0, 0.1) is 0 Å². The molecular formula is C12H10BrClN2O2S. The molecule has 0 aliphatic carbocycles. The summed E-state index contributed by atoms with van der Waals surface area (Å²) in [6.45, 7) is 4.07. The Morgan fingerprint density at radius 3 is 2.95 bits per heavy atom. The second-order valence-electron chi connectivity index (χ2n) is 3.81. The lowest BCUT2D eigenvalue weighted by atomic mass is 10.3. The summed E-state index contributed by atoms with van der Waals surface area (Å²) in [5.41, 5.74) is 1.69. The SMILES string of the molecule is C=C(Cl)Cn1c(SCC(=O)O)nc2ccc(Br)cc21. The van der Waals surface area contributed by atoms with Crippen LogP contribution in [0.2, 0.25) is 0 Å². The first-order valence-electron chi connectivity index (χ1n) is 5.31. The van der Waals surface area contributed by atoms with E-state index >= 15 is 0 Å². The van der Waals surface area contributed by atoms with Gasteiger partial charge in [-0.15, -0.1) is 0 Å². The molecule has 0 amide bonds. The summed E-state index contributed by atoms with van der Waals surface area (Å²) in [6, 6.07) is 5.69. The topological polar surface area (TPSA) is 55.1 Å². The number of carboxylic acids is 1. The number of hydrogen-bond donors (Lipinski definition) is 1. The van der Waals surface area contributed by atoms with Crippen molar-refractivity contribution >= 4 is 56.3 Å². The fourth-order valence-electron chi connectivity index (χ4n) is 1.63. The Kier molecular flexibility index (Phi) is 4.54. The summed E-state index contributed by atoms with van der Waals surface area (Å²) in [6.07, 6.45) is 0. The predicted molar refractivity (Wildman–Crippen MR) is 80.8 cm³/mol. The van der Waals surface area contributed by atoms with Gasteiger partial charge in [-0.05, 0) is 18.2 Å². The fourth-order valence-corrected chi connectivity index (χ4v) is 2.84. The Balaban J connectivity index is 2.48. The van der Waals surface area contributed by atoms with Crippen molar-refractivity contribution in [2.45, 2.75) is 11.7 Å². The molecule has 0 radical (unpaired) electrons. The van der Waals surface area contributed by atoms with Gasteiger partial charge in [0.15, 0.2) is 5.16 Å². The van der Waals surface area contributed by atoms with Gasteiger partial charge in [-0.1, -0.05) is 45.9 Å². The number of nitrogens with zero attached hydrogens (tertiary/aromatic N) is 2. The molecule has 0 saturated heterocycles. The number of aromatic nitrogens is 2. The largest absolute Gasteiger partial charge is 0.481 e. The maximum absolute atomic E-state index is 10.7. The first-order valence-corrected chi connectivity index (χ1v) is 7.46. The van der Waals surface area contributed by atoms with Gasteiger partial charge >= 0.3 is 5.97 Å². The summed E-state index contributed by atoms with van der Waals surface area (Å²) in [5.74, 6) is -0.923. The number of rotatable bonds is 5. The normalized spacial score (nSPS) is 10.8. The predicted octanol–water partition coefficient (Wildman–Crippen LogP) is 3.73. The van der Waals surface area contributed by atoms with Crippen LogP contribution in [0.5, 0.6) is 0 Å². The van der Waals surface area contributed by atoms with Gasteiger partial charge in [-0.2, -0.15) is 0 Å². The third-order valence-corrected chi connectivity index (χ3v) is 3.90. The molecule has 7 heteroatoms. The molecular weight excluding hydrogens is 352 g/mol. The van der Waals surface area contributed by atoms with Crippen molar-refractivity contribution in [3.8, 4) is 0 Å². The first kappa shape index (κ1) is 14.4. The number of allylic oxidation sites excluding steroid dienone is 1. The maximum Gasteiger partial charge on any atom is 0.313 e. The van der Waals surface area contributed by atoms with Gasteiger partial charge in [0.1, 0.15) is 0 Å². The number of aliphatic carboxylic acids is 1. The average Bonchev–Trinajstić information content (AvgIpc) is 2.64. The average molecular weight is 362 g/mol. The lowest BCUT2D eigenvalue weighted by molar-refractivity contribution is -0.133. The highest BCUT2D eigenvalue weighted by atomic mass is 79.9. The molecule has 19 heavy (non-hydrogen) atoms. The van der Waals surface area contributed by atoms with E-state index in [1.54, 1.807) is 0 Å². The molecule has 100 valence electrons. The van der Waals surface area contributed by atoms with Gasteiger partial charge in [0.2, 0.25) is 0 Å². The summed E-state index contributed by atoms with van der Waals surface area (Å²) < 4.78 is 2.79. The molecule has 1 N–H and O–H groups in total. The zero-order valence-electron chi connectivity index (χ0n) is 9.77. The molecule has 2 rings (SSSR count). The van der Waals surface area contributed by atoms with Crippen LogP contribution in [-0.2, 0) is 11.3 Å². The van der Waals surface area contributed by atoms with Crippen LogP contribution >= 0.6 is 39.3 Å². The molecule has 0 aliphatic rings. The lowest BCUT2D eigenvalue weighted by Crippen LogP contribution is -2.03. The molecule has 0 fully saturated rings. The molecule has 4 nitrogen and oxygen atoms in total. The number of thioether (sulfide) groups is 1. The Morgan fingerprint density at radius 2 is 2.32 bits per heavy atom. The molecule has 0 aliphatic heterocycles. The molecule has 2 aromatic rings. The Labute approximate surface area is 127 Å². The van der Waals surface area contributed by atoms with E-state index in [1.807, 2.05) is 22.8 Å². The van der Waals surface area contributed by atoms with Crippen molar-refractivity contribution in [2.24, 2.45) is 0 Å².